The lowest BCUT2D eigenvalue weighted by molar-refractivity contribution is 0.0427. The van der Waals surface area contributed by atoms with E-state index in [1.165, 1.54) is 25.7 Å². The number of fused-ring (bicyclic) bond motifs is 1. The fraction of sp³-hybridized carbons (Fsp3) is 0.471. The predicted molar refractivity (Wildman–Crippen MR) is 80.9 cm³/mol. The van der Waals surface area contributed by atoms with E-state index in [4.69, 9.17) is 0 Å². The Bertz CT molecular complexity index is 684. The lowest BCUT2D eigenvalue weighted by Gasteiger charge is -2.52. The molecule has 0 spiro atoms. The number of carbonyl (C=O) groups excluding carboxylic acids is 1. The normalized spacial score (nSPS) is 20.6. The van der Waals surface area contributed by atoms with Gasteiger partial charge in [0.2, 0.25) is 0 Å². The number of pyridine rings is 2. The fourth-order valence-electron chi connectivity index (χ4n) is 3.61. The van der Waals surface area contributed by atoms with Crippen molar-refractivity contribution in [1.29, 1.82) is 0 Å². The number of carbonyl (C=O) groups is 1. The molecule has 4 nitrogen and oxygen atoms in total. The van der Waals surface area contributed by atoms with Gasteiger partial charge >= 0.3 is 0 Å². The molecule has 2 fully saturated rings. The molecule has 2 aromatic rings. The summed E-state index contributed by atoms with van der Waals surface area (Å²) in [6, 6.07) is 5.74. The first-order chi connectivity index (χ1) is 10.3. The maximum Gasteiger partial charge on any atom is 0.272 e. The highest BCUT2D eigenvalue weighted by Crippen LogP contribution is 2.47. The van der Waals surface area contributed by atoms with Crippen LogP contribution < -0.4 is 5.32 Å². The van der Waals surface area contributed by atoms with E-state index in [2.05, 4.69) is 15.3 Å². The van der Waals surface area contributed by atoms with Gasteiger partial charge in [0.1, 0.15) is 5.52 Å². The van der Waals surface area contributed by atoms with Crippen LogP contribution in [0.25, 0.3) is 10.9 Å². The van der Waals surface area contributed by atoms with E-state index in [-0.39, 0.29) is 11.4 Å². The molecule has 108 valence electrons. The Hall–Kier alpha value is -1.97. The van der Waals surface area contributed by atoms with E-state index in [1.807, 2.05) is 18.2 Å². The molecule has 1 amide bonds. The van der Waals surface area contributed by atoms with Gasteiger partial charge in [-0.3, -0.25) is 9.78 Å². The summed E-state index contributed by atoms with van der Waals surface area (Å²) in [5, 5.41) is 4.26. The summed E-state index contributed by atoms with van der Waals surface area (Å²) in [6.45, 7) is 0. The topological polar surface area (TPSA) is 54.9 Å². The summed E-state index contributed by atoms with van der Waals surface area (Å²) < 4.78 is 0. The second-order valence-electron chi connectivity index (χ2n) is 6.33. The van der Waals surface area contributed by atoms with Gasteiger partial charge in [0.25, 0.3) is 5.91 Å². The number of hydrogen-bond donors (Lipinski definition) is 1. The van der Waals surface area contributed by atoms with Gasteiger partial charge in [0, 0.05) is 23.3 Å². The highest BCUT2D eigenvalue weighted by atomic mass is 16.2. The quantitative estimate of drug-likeness (QED) is 0.940. The standard InChI is InChI=1S/C17H19N3O/c21-16(20-17(8-3-9-17)13-5-1-6-13)15-14-12(7-11-19-15)4-2-10-18-14/h2,4,7,10-11,13H,1,3,5-6,8-9H2,(H,20,21). The Kier molecular flexibility index (Phi) is 2.91. The first kappa shape index (κ1) is 12.7. The first-order valence-corrected chi connectivity index (χ1v) is 7.81. The third-order valence-corrected chi connectivity index (χ3v) is 5.23. The molecule has 0 saturated heterocycles. The van der Waals surface area contributed by atoms with Gasteiger partial charge in [-0.1, -0.05) is 12.5 Å². The average molecular weight is 281 g/mol. The molecule has 4 heteroatoms. The molecule has 4 rings (SSSR count). The van der Waals surface area contributed by atoms with E-state index >= 15 is 0 Å². The van der Waals surface area contributed by atoms with Crippen LogP contribution in [0.3, 0.4) is 0 Å². The van der Waals surface area contributed by atoms with Crippen LogP contribution in [-0.2, 0) is 0 Å². The molecule has 1 N–H and O–H groups in total. The molecular weight excluding hydrogens is 262 g/mol. The van der Waals surface area contributed by atoms with Crippen molar-refractivity contribution in [2.45, 2.75) is 44.1 Å². The van der Waals surface area contributed by atoms with Crippen molar-refractivity contribution in [3.05, 3.63) is 36.3 Å². The highest BCUT2D eigenvalue weighted by Gasteiger charge is 2.47. The predicted octanol–water partition coefficient (Wildman–Crippen LogP) is 3.08. The Balaban J connectivity index is 1.64. The first-order valence-electron chi connectivity index (χ1n) is 7.81. The number of hydrogen-bond acceptors (Lipinski definition) is 3. The largest absolute Gasteiger partial charge is 0.345 e. The van der Waals surface area contributed by atoms with Crippen molar-refractivity contribution in [1.82, 2.24) is 15.3 Å². The molecule has 0 bridgehead atoms. The molecule has 2 saturated carbocycles. The molecule has 2 heterocycles. The third kappa shape index (κ3) is 2.01. The van der Waals surface area contributed by atoms with Gasteiger partial charge in [0.05, 0.1) is 0 Å². The minimum absolute atomic E-state index is 0.0357. The Morgan fingerprint density at radius 3 is 2.67 bits per heavy atom. The third-order valence-electron chi connectivity index (χ3n) is 5.23. The summed E-state index contributed by atoms with van der Waals surface area (Å²) in [5.41, 5.74) is 1.19. The summed E-state index contributed by atoms with van der Waals surface area (Å²) in [7, 11) is 0. The molecular formula is C17H19N3O. The Morgan fingerprint density at radius 1 is 1.14 bits per heavy atom. The maximum atomic E-state index is 12.7. The van der Waals surface area contributed by atoms with Gasteiger partial charge in [-0.25, -0.2) is 4.98 Å². The molecule has 0 unspecified atom stereocenters. The number of nitrogens with one attached hydrogen (secondary N) is 1. The van der Waals surface area contributed by atoms with E-state index in [1.54, 1.807) is 12.4 Å². The molecule has 0 radical (unpaired) electrons. The number of amides is 1. The van der Waals surface area contributed by atoms with Crippen molar-refractivity contribution in [3.63, 3.8) is 0 Å². The Labute approximate surface area is 124 Å². The average Bonchev–Trinajstić information content (AvgIpc) is 2.42. The number of nitrogens with zero attached hydrogens (tertiary/aromatic N) is 2. The van der Waals surface area contributed by atoms with Crippen LogP contribution in [0, 0.1) is 5.92 Å². The van der Waals surface area contributed by atoms with E-state index in [0.29, 0.717) is 17.1 Å². The van der Waals surface area contributed by atoms with Gasteiger partial charge in [-0.2, -0.15) is 0 Å². The second-order valence-corrected chi connectivity index (χ2v) is 6.33. The second kappa shape index (κ2) is 4.79. The van der Waals surface area contributed by atoms with Gasteiger partial charge in [-0.05, 0) is 50.2 Å². The van der Waals surface area contributed by atoms with Gasteiger partial charge in [-0.15, -0.1) is 0 Å². The van der Waals surface area contributed by atoms with Crippen molar-refractivity contribution in [2.24, 2.45) is 5.92 Å². The number of rotatable bonds is 3. The maximum absolute atomic E-state index is 12.7. The fourth-order valence-corrected chi connectivity index (χ4v) is 3.61. The smallest absolute Gasteiger partial charge is 0.272 e. The minimum Gasteiger partial charge on any atom is -0.345 e. The van der Waals surface area contributed by atoms with Crippen molar-refractivity contribution in [2.75, 3.05) is 0 Å². The molecule has 0 aromatic carbocycles. The van der Waals surface area contributed by atoms with E-state index in [9.17, 15) is 4.79 Å². The van der Waals surface area contributed by atoms with Gasteiger partial charge in [0.15, 0.2) is 5.69 Å². The lowest BCUT2D eigenvalue weighted by atomic mass is 9.61. The van der Waals surface area contributed by atoms with Crippen LogP contribution in [0.2, 0.25) is 0 Å². The molecule has 21 heavy (non-hydrogen) atoms. The Morgan fingerprint density at radius 2 is 2.00 bits per heavy atom. The minimum atomic E-state index is -0.0640. The van der Waals surface area contributed by atoms with Crippen LogP contribution in [-0.4, -0.2) is 21.4 Å². The number of aromatic nitrogens is 2. The van der Waals surface area contributed by atoms with Crippen LogP contribution >= 0.6 is 0 Å². The molecule has 2 aliphatic rings. The SMILES string of the molecule is O=C(NC1(C2CCC2)CCC1)c1nccc2cccnc12. The molecule has 2 aromatic heterocycles. The monoisotopic (exact) mass is 281 g/mol. The van der Waals surface area contributed by atoms with Crippen molar-refractivity contribution in [3.8, 4) is 0 Å². The molecule has 2 aliphatic carbocycles. The van der Waals surface area contributed by atoms with Crippen LogP contribution in [0.15, 0.2) is 30.6 Å². The van der Waals surface area contributed by atoms with Crippen molar-refractivity contribution >= 4 is 16.8 Å². The highest BCUT2D eigenvalue weighted by molar-refractivity contribution is 6.03. The van der Waals surface area contributed by atoms with Crippen LogP contribution in [0.5, 0.6) is 0 Å². The molecule has 0 aliphatic heterocycles. The van der Waals surface area contributed by atoms with E-state index < -0.39 is 0 Å². The van der Waals surface area contributed by atoms with Gasteiger partial charge < -0.3 is 5.32 Å². The zero-order chi connectivity index (χ0) is 14.3. The summed E-state index contributed by atoms with van der Waals surface area (Å²) in [6.07, 6.45) is 10.7. The summed E-state index contributed by atoms with van der Waals surface area (Å²) in [4.78, 5) is 21.3. The van der Waals surface area contributed by atoms with Crippen molar-refractivity contribution < 1.29 is 4.79 Å². The van der Waals surface area contributed by atoms with E-state index in [0.717, 1.165) is 18.2 Å². The molecule has 0 atom stereocenters. The zero-order valence-electron chi connectivity index (χ0n) is 12.0. The summed E-state index contributed by atoms with van der Waals surface area (Å²) >= 11 is 0. The lowest BCUT2D eigenvalue weighted by Crippen LogP contribution is -2.60. The van der Waals surface area contributed by atoms with Crippen LogP contribution in [0.1, 0.15) is 49.0 Å². The van der Waals surface area contributed by atoms with Crippen LogP contribution in [0.4, 0.5) is 0 Å². The summed E-state index contributed by atoms with van der Waals surface area (Å²) in [5.74, 6) is 0.601. The zero-order valence-corrected chi connectivity index (χ0v) is 12.0.